The van der Waals surface area contributed by atoms with Gasteiger partial charge in [-0.3, -0.25) is 0 Å². The molecule has 0 aromatic heterocycles. The predicted octanol–water partition coefficient (Wildman–Crippen LogP) is 28.0. The second-order valence-electron chi connectivity index (χ2n) is 32.5. The van der Waals surface area contributed by atoms with Gasteiger partial charge in [-0.05, 0) is 258 Å². The highest BCUT2D eigenvalue weighted by Gasteiger charge is 2.49. The fourth-order valence-electron chi connectivity index (χ4n) is 18.5. The highest BCUT2D eigenvalue weighted by atomic mass is 16.5. The molecule has 14 aromatic carbocycles. The Morgan fingerprint density at radius 3 is 1.05 bits per heavy atom. The van der Waals surface area contributed by atoms with Crippen molar-refractivity contribution in [3.63, 3.8) is 0 Å². The lowest BCUT2D eigenvalue weighted by molar-refractivity contribution is 0.301. The zero-order chi connectivity index (χ0) is 75.9. The number of unbranched alkanes of at least 4 members (excludes halogenated alkanes) is 2. The third-order valence-electron chi connectivity index (χ3n) is 24.0. The first-order chi connectivity index (χ1) is 54.2. The van der Waals surface area contributed by atoms with Crippen LogP contribution in [0.15, 0.2) is 353 Å². The lowest BCUT2D eigenvalue weighted by Gasteiger charge is -2.37. The molecule has 0 saturated heterocycles. The molecular formula is C107H96N2O2. The molecule has 4 heteroatoms. The van der Waals surface area contributed by atoms with Crippen molar-refractivity contribution in [1.82, 2.24) is 0 Å². The molecule has 546 valence electrons. The van der Waals surface area contributed by atoms with Crippen LogP contribution in [0.3, 0.4) is 0 Å². The summed E-state index contributed by atoms with van der Waals surface area (Å²) in [5.41, 5.74) is 29.9. The van der Waals surface area contributed by atoms with Gasteiger partial charge in [-0.2, -0.15) is 0 Å². The first kappa shape index (κ1) is 71.7. The van der Waals surface area contributed by atoms with Crippen LogP contribution < -0.4 is 19.3 Å². The van der Waals surface area contributed by atoms with Crippen LogP contribution >= 0.6 is 0 Å². The highest BCUT2D eigenvalue weighted by molar-refractivity contribution is 5.93. The summed E-state index contributed by atoms with van der Waals surface area (Å²) in [5, 5.41) is 0. The topological polar surface area (TPSA) is 24.9 Å². The smallest absolute Gasteiger partial charge is 0.119 e. The molecule has 17 rings (SSSR count). The average Bonchev–Trinajstić information content (AvgIpc) is 1.56. The van der Waals surface area contributed by atoms with Crippen LogP contribution in [0.25, 0.3) is 45.5 Å². The Morgan fingerprint density at radius 1 is 0.279 bits per heavy atom. The minimum Gasteiger partial charge on any atom is -0.494 e. The van der Waals surface area contributed by atoms with Crippen LogP contribution in [0, 0.1) is 0 Å². The lowest BCUT2D eigenvalue weighted by Crippen LogP contribution is -2.29. The molecule has 3 aliphatic carbocycles. The van der Waals surface area contributed by atoms with E-state index >= 15 is 0 Å². The van der Waals surface area contributed by atoms with E-state index in [9.17, 15) is 0 Å². The van der Waals surface area contributed by atoms with E-state index in [1.54, 1.807) is 0 Å². The monoisotopic (exact) mass is 1440 g/mol. The fraction of sp³-hybridized carbons (Fsp3) is 0.178. The molecule has 0 heterocycles. The van der Waals surface area contributed by atoms with Gasteiger partial charge < -0.3 is 19.3 Å². The minimum absolute atomic E-state index is 0.00709. The first-order valence-electron chi connectivity index (χ1n) is 39.7. The number of benzene rings is 14. The molecule has 0 spiro atoms. The summed E-state index contributed by atoms with van der Waals surface area (Å²) in [5.74, 6) is 1.76. The maximum atomic E-state index is 6.46. The average molecular weight is 1440 g/mol. The molecule has 0 bridgehead atoms. The number of para-hydroxylation sites is 2. The van der Waals surface area contributed by atoms with Crippen molar-refractivity contribution in [2.75, 3.05) is 23.0 Å². The van der Waals surface area contributed by atoms with Gasteiger partial charge in [0, 0.05) is 45.0 Å². The van der Waals surface area contributed by atoms with Crippen LogP contribution in [0.5, 0.6) is 11.5 Å². The van der Waals surface area contributed by atoms with Gasteiger partial charge in [-0.15, -0.1) is 0 Å². The van der Waals surface area contributed by atoms with Gasteiger partial charge in [0.05, 0.1) is 18.6 Å². The maximum Gasteiger partial charge on any atom is 0.119 e. The highest BCUT2D eigenvalue weighted by Crippen LogP contribution is 2.62. The van der Waals surface area contributed by atoms with Crippen LogP contribution in [0.2, 0.25) is 0 Å². The van der Waals surface area contributed by atoms with Gasteiger partial charge in [-0.1, -0.05) is 310 Å². The summed E-state index contributed by atoms with van der Waals surface area (Å²) >= 11 is 0. The molecule has 3 atom stereocenters. The number of fused-ring (bicyclic) bond motifs is 9. The van der Waals surface area contributed by atoms with E-state index in [2.05, 4.69) is 404 Å². The second kappa shape index (κ2) is 29.6. The minimum atomic E-state index is -0.774. The Labute approximate surface area is 657 Å². The third-order valence-corrected chi connectivity index (χ3v) is 24.0. The molecule has 14 aromatic rings. The van der Waals surface area contributed by atoms with Gasteiger partial charge in [0.2, 0.25) is 0 Å². The molecule has 4 nitrogen and oxygen atoms in total. The molecule has 3 aliphatic rings. The summed E-state index contributed by atoms with van der Waals surface area (Å²) in [6.07, 6.45) is 9.24. The largest absolute Gasteiger partial charge is 0.494 e. The van der Waals surface area contributed by atoms with Gasteiger partial charge in [0.25, 0.3) is 0 Å². The quantitative estimate of drug-likeness (QED) is 0.0563. The molecule has 3 unspecified atom stereocenters. The normalized spacial score (nSPS) is 16.3. The van der Waals surface area contributed by atoms with E-state index in [4.69, 9.17) is 9.47 Å². The van der Waals surface area contributed by atoms with Crippen molar-refractivity contribution in [3.8, 4) is 44.9 Å². The van der Waals surface area contributed by atoms with Crippen LogP contribution in [-0.2, 0) is 27.1 Å². The van der Waals surface area contributed by atoms with Crippen molar-refractivity contribution in [2.45, 2.75) is 107 Å². The molecule has 0 amide bonds. The van der Waals surface area contributed by atoms with Crippen LogP contribution in [-0.4, -0.2) is 13.2 Å². The van der Waals surface area contributed by atoms with E-state index in [-0.39, 0.29) is 10.8 Å². The molecule has 0 saturated carbocycles. The van der Waals surface area contributed by atoms with Gasteiger partial charge >= 0.3 is 0 Å². The van der Waals surface area contributed by atoms with E-state index in [1.807, 2.05) is 12.2 Å². The van der Waals surface area contributed by atoms with Gasteiger partial charge in [-0.25, -0.2) is 0 Å². The summed E-state index contributed by atoms with van der Waals surface area (Å²) in [4.78, 5) is 5.01. The fourth-order valence-corrected chi connectivity index (χ4v) is 18.5. The van der Waals surface area contributed by atoms with Crippen LogP contribution in [0.4, 0.5) is 34.1 Å². The number of ether oxygens (including phenoxy) is 2. The zero-order valence-corrected chi connectivity index (χ0v) is 64.8. The summed E-state index contributed by atoms with van der Waals surface area (Å²) in [7, 11) is 0. The molecule has 0 N–H and O–H groups in total. The number of rotatable bonds is 24. The molecule has 111 heavy (non-hydrogen) atoms. The van der Waals surface area contributed by atoms with Crippen molar-refractivity contribution in [2.24, 2.45) is 0 Å². The van der Waals surface area contributed by atoms with E-state index < -0.39 is 16.2 Å². The Bertz CT molecular complexity index is 5710. The first-order valence-corrected chi connectivity index (χ1v) is 39.7. The number of hydrogen-bond acceptors (Lipinski definition) is 4. The standard InChI is InChI=1S/C107H96N2O2/c1-9-75-45-60-89(61-46-75)110-69-28-26-67-105(79-53-49-77(50-54-79)103(3,4)5)97-42-23-20-39-91(97)94-64-57-86(72-100(94)105)108(83-34-16-12-17-35-83)85-38-30-33-82(71-85)107(81-31-14-11-15-32-81)99-44-25-22-41-93(99)96-66-59-88(74-102(96)107)109(84-36-18-13-19-37-84)87-58-65-95-92-40-21-24-43-98(92)106(101(95)73-87,80-55-51-78(52-56-80)104(6,7)8)68-27-29-70-111-90-62-47-76(10-2)48-63-90/h9-25,30-66,71-74H,1-2,26-29,67-70H2,3-8H3. The van der Waals surface area contributed by atoms with Crippen LogP contribution in [0.1, 0.15) is 158 Å². The van der Waals surface area contributed by atoms with E-state index in [1.165, 1.54) is 100 Å². The third kappa shape index (κ3) is 12.9. The Balaban J connectivity index is 0.803. The Hall–Kier alpha value is -12.2. The van der Waals surface area contributed by atoms with Gasteiger partial charge in [0.1, 0.15) is 11.5 Å². The number of anilines is 6. The molecular weight excluding hydrogens is 1350 g/mol. The molecule has 0 aliphatic heterocycles. The molecule has 0 radical (unpaired) electrons. The second-order valence-corrected chi connectivity index (χ2v) is 32.5. The Morgan fingerprint density at radius 2 is 0.622 bits per heavy atom. The summed E-state index contributed by atoms with van der Waals surface area (Å²) < 4.78 is 12.9. The maximum absolute atomic E-state index is 6.46. The summed E-state index contributed by atoms with van der Waals surface area (Å²) in [6, 6.07) is 128. The van der Waals surface area contributed by atoms with Crippen molar-refractivity contribution >= 4 is 46.3 Å². The molecule has 0 fully saturated rings. The Kier molecular flexibility index (Phi) is 19.1. The van der Waals surface area contributed by atoms with Crippen molar-refractivity contribution in [1.29, 1.82) is 0 Å². The zero-order valence-electron chi connectivity index (χ0n) is 64.8. The van der Waals surface area contributed by atoms with Gasteiger partial charge in [0.15, 0.2) is 0 Å². The summed E-state index contributed by atoms with van der Waals surface area (Å²) in [6.45, 7) is 23.0. The predicted molar refractivity (Wildman–Crippen MR) is 466 cm³/mol. The van der Waals surface area contributed by atoms with Crippen molar-refractivity contribution < 1.29 is 9.47 Å². The van der Waals surface area contributed by atoms with Crippen molar-refractivity contribution in [3.05, 3.63) is 431 Å². The van der Waals surface area contributed by atoms with E-state index in [0.717, 1.165) is 95.3 Å². The number of hydrogen-bond donors (Lipinski definition) is 0. The van der Waals surface area contributed by atoms with E-state index in [0.29, 0.717) is 13.2 Å². The lowest BCUT2D eigenvalue weighted by atomic mass is 9.67. The number of nitrogens with zero attached hydrogens (tertiary/aromatic N) is 2. The SMILES string of the molecule is C=Cc1ccc(OCCCCC2(c3ccc(C(C)(C)C)cc3)c3ccccc3-c3ccc(N(c4ccccc4)c4cccc(C5(c6ccccc6)c6ccccc6-c6ccc(N(c7ccccc7)c7ccc8c(c7)C(CCCCOc7ccc(C=C)cc7)(c7ccc(C(C)(C)C)cc7)c7ccccc7-8)cc65)c4)cc32)cc1.